The average Bonchev–Trinajstić information content (AvgIpc) is 2.69. The van der Waals surface area contributed by atoms with Gasteiger partial charge in [0, 0.05) is 6.54 Å². The molecule has 0 spiro atoms. The SMILES string of the molecule is CCCn1ncc(NC(=O)OC(C)(C)C)c1C(=O)OC. The lowest BCUT2D eigenvalue weighted by atomic mass is 10.2. The maximum absolute atomic E-state index is 11.8. The van der Waals surface area contributed by atoms with E-state index >= 15 is 0 Å². The zero-order valence-electron chi connectivity index (χ0n) is 12.5. The van der Waals surface area contributed by atoms with Gasteiger partial charge in [0.2, 0.25) is 0 Å². The summed E-state index contributed by atoms with van der Waals surface area (Å²) in [4.78, 5) is 23.5. The number of carbonyl (C=O) groups excluding carboxylic acids is 2. The minimum Gasteiger partial charge on any atom is -0.464 e. The summed E-state index contributed by atoms with van der Waals surface area (Å²) in [5, 5.41) is 6.59. The maximum atomic E-state index is 11.8. The lowest BCUT2D eigenvalue weighted by Gasteiger charge is -2.19. The molecule has 7 heteroatoms. The molecule has 0 atom stereocenters. The molecule has 1 amide bonds. The molecule has 7 nitrogen and oxygen atoms in total. The van der Waals surface area contributed by atoms with Crippen LogP contribution in [0.1, 0.15) is 44.6 Å². The van der Waals surface area contributed by atoms with Gasteiger partial charge in [-0.1, -0.05) is 6.92 Å². The third kappa shape index (κ3) is 4.25. The van der Waals surface area contributed by atoms with Gasteiger partial charge in [-0.3, -0.25) is 10.00 Å². The van der Waals surface area contributed by atoms with Crippen LogP contribution in [0.3, 0.4) is 0 Å². The van der Waals surface area contributed by atoms with E-state index in [-0.39, 0.29) is 11.4 Å². The number of aromatic nitrogens is 2. The number of hydrogen-bond acceptors (Lipinski definition) is 5. The highest BCUT2D eigenvalue weighted by Gasteiger charge is 2.23. The van der Waals surface area contributed by atoms with Crippen molar-refractivity contribution in [2.75, 3.05) is 12.4 Å². The number of amides is 1. The molecule has 0 saturated heterocycles. The number of methoxy groups -OCH3 is 1. The fourth-order valence-electron chi connectivity index (χ4n) is 1.58. The van der Waals surface area contributed by atoms with Crippen LogP contribution in [0.25, 0.3) is 0 Å². The molecular weight excluding hydrogens is 262 g/mol. The van der Waals surface area contributed by atoms with Gasteiger partial charge in [0.1, 0.15) is 5.60 Å². The van der Waals surface area contributed by atoms with Crippen LogP contribution in [-0.4, -0.2) is 34.6 Å². The largest absolute Gasteiger partial charge is 0.464 e. The Bertz CT molecular complexity index is 488. The van der Waals surface area contributed by atoms with E-state index < -0.39 is 17.7 Å². The first-order valence-electron chi connectivity index (χ1n) is 6.42. The van der Waals surface area contributed by atoms with E-state index in [1.54, 1.807) is 20.8 Å². The Labute approximate surface area is 118 Å². The fraction of sp³-hybridized carbons (Fsp3) is 0.615. The van der Waals surface area contributed by atoms with Gasteiger partial charge in [0.05, 0.1) is 19.0 Å². The monoisotopic (exact) mass is 283 g/mol. The Kier molecular flexibility index (Phi) is 5.12. The van der Waals surface area contributed by atoms with E-state index in [1.807, 2.05) is 6.92 Å². The molecule has 1 N–H and O–H groups in total. The molecule has 0 saturated carbocycles. The molecule has 0 aromatic carbocycles. The zero-order chi connectivity index (χ0) is 15.3. The molecule has 0 bridgehead atoms. The number of hydrogen-bond donors (Lipinski definition) is 1. The first-order chi connectivity index (χ1) is 9.28. The second kappa shape index (κ2) is 6.40. The summed E-state index contributed by atoms with van der Waals surface area (Å²) < 4.78 is 11.4. The zero-order valence-corrected chi connectivity index (χ0v) is 12.5. The highest BCUT2D eigenvalue weighted by Crippen LogP contribution is 2.18. The van der Waals surface area contributed by atoms with Gasteiger partial charge in [-0.2, -0.15) is 5.10 Å². The van der Waals surface area contributed by atoms with Crippen molar-refractivity contribution in [1.29, 1.82) is 0 Å². The molecular formula is C13H21N3O4. The molecule has 20 heavy (non-hydrogen) atoms. The first kappa shape index (κ1) is 16.0. The number of ether oxygens (including phenoxy) is 2. The topological polar surface area (TPSA) is 82.5 Å². The van der Waals surface area contributed by atoms with Crippen molar-refractivity contribution >= 4 is 17.7 Å². The number of rotatable bonds is 4. The van der Waals surface area contributed by atoms with Crippen molar-refractivity contribution in [3.05, 3.63) is 11.9 Å². The van der Waals surface area contributed by atoms with Crippen LogP contribution in [0, 0.1) is 0 Å². The molecule has 0 unspecified atom stereocenters. The maximum Gasteiger partial charge on any atom is 0.412 e. The molecule has 112 valence electrons. The van der Waals surface area contributed by atoms with E-state index in [9.17, 15) is 9.59 Å². The van der Waals surface area contributed by atoms with Gasteiger partial charge in [-0.15, -0.1) is 0 Å². The van der Waals surface area contributed by atoms with Crippen molar-refractivity contribution in [2.45, 2.75) is 46.3 Å². The van der Waals surface area contributed by atoms with Crippen molar-refractivity contribution in [3.63, 3.8) is 0 Å². The van der Waals surface area contributed by atoms with Crippen molar-refractivity contribution in [3.8, 4) is 0 Å². The Morgan fingerprint density at radius 2 is 2.05 bits per heavy atom. The summed E-state index contributed by atoms with van der Waals surface area (Å²) in [5.41, 5.74) is -0.130. The predicted octanol–water partition coefficient (Wildman–Crippen LogP) is 2.43. The van der Waals surface area contributed by atoms with Gasteiger partial charge in [-0.05, 0) is 27.2 Å². The molecule has 0 aliphatic heterocycles. The molecule has 1 aromatic heterocycles. The summed E-state index contributed by atoms with van der Waals surface area (Å²) in [5.74, 6) is -0.554. The van der Waals surface area contributed by atoms with Gasteiger partial charge in [0.25, 0.3) is 0 Å². The van der Waals surface area contributed by atoms with Gasteiger partial charge in [-0.25, -0.2) is 9.59 Å². The third-order valence-corrected chi connectivity index (χ3v) is 2.29. The predicted molar refractivity (Wildman–Crippen MR) is 73.7 cm³/mol. The van der Waals surface area contributed by atoms with Crippen LogP contribution < -0.4 is 5.32 Å². The van der Waals surface area contributed by atoms with E-state index in [0.29, 0.717) is 6.54 Å². The number of nitrogens with zero attached hydrogens (tertiary/aromatic N) is 2. The molecule has 0 radical (unpaired) electrons. The van der Waals surface area contributed by atoms with Crippen molar-refractivity contribution in [2.24, 2.45) is 0 Å². The summed E-state index contributed by atoms with van der Waals surface area (Å²) in [6.07, 6.45) is 1.57. The van der Waals surface area contributed by atoms with Crippen molar-refractivity contribution in [1.82, 2.24) is 9.78 Å². The Morgan fingerprint density at radius 1 is 1.40 bits per heavy atom. The summed E-state index contributed by atoms with van der Waals surface area (Å²) >= 11 is 0. The second-order valence-electron chi connectivity index (χ2n) is 5.25. The Morgan fingerprint density at radius 3 is 2.55 bits per heavy atom. The van der Waals surface area contributed by atoms with Gasteiger partial charge >= 0.3 is 12.1 Å². The van der Waals surface area contributed by atoms with Crippen LogP contribution in [0.4, 0.5) is 10.5 Å². The highest BCUT2D eigenvalue weighted by molar-refractivity contribution is 5.98. The smallest absolute Gasteiger partial charge is 0.412 e. The van der Waals surface area contributed by atoms with E-state index in [0.717, 1.165) is 6.42 Å². The average molecular weight is 283 g/mol. The molecule has 1 rings (SSSR count). The van der Waals surface area contributed by atoms with Crippen LogP contribution in [0.2, 0.25) is 0 Å². The lowest BCUT2D eigenvalue weighted by Crippen LogP contribution is -2.27. The van der Waals surface area contributed by atoms with E-state index in [4.69, 9.17) is 9.47 Å². The van der Waals surface area contributed by atoms with Crippen molar-refractivity contribution < 1.29 is 19.1 Å². The van der Waals surface area contributed by atoms with Crippen LogP contribution >= 0.6 is 0 Å². The Hall–Kier alpha value is -2.05. The number of nitrogens with one attached hydrogen (secondary N) is 1. The minimum absolute atomic E-state index is 0.209. The van der Waals surface area contributed by atoms with E-state index in [2.05, 4.69) is 10.4 Å². The summed E-state index contributed by atoms with van der Waals surface area (Å²) in [6.45, 7) is 7.79. The number of aryl methyl sites for hydroxylation is 1. The summed E-state index contributed by atoms with van der Waals surface area (Å²) in [7, 11) is 1.28. The number of esters is 1. The van der Waals surface area contributed by atoms with Crippen LogP contribution in [0.15, 0.2) is 6.20 Å². The molecule has 1 heterocycles. The van der Waals surface area contributed by atoms with Crippen LogP contribution in [0.5, 0.6) is 0 Å². The molecule has 0 aliphatic rings. The van der Waals surface area contributed by atoms with Gasteiger partial charge < -0.3 is 9.47 Å². The highest BCUT2D eigenvalue weighted by atomic mass is 16.6. The number of carbonyl (C=O) groups is 2. The second-order valence-corrected chi connectivity index (χ2v) is 5.25. The van der Waals surface area contributed by atoms with Gasteiger partial charge in [0.15, 0.2) is 5.69 Å². The Balaban J connectivity index is 2.95. The molecule has 0 fully saturated rings. The minimum atomic E-state index is -0.640. The lowest BCUT2D eigenvalue weighted by molar-refractivity contribution is 0.0587. The molecule has 1 aromatic rings. The first-order valence-corrected chi connectivity index (χ1v) is 6.42. The van der Waals surface area contributed by atoms with Crippen LogP contribution in [-0.2, 0) is 16.0 Å². The third-order valence-electron chi connectivity index (χ3n) is 2.29. The standard InChI is InChI=1S/C13H21N3O4/c1-6-7-16-10(11(17)19-5)9(8-14-16)15-12(18)20-13(2,3)4/h8H,6-7H2,1-5H3,(H,15,18). The number of anilines is 1. The quantitative estimate of drug-likeness (QED) is 0.858. The van der Waals surface area contributed by atoms with E-state index in [1.165, 1.54) is 18.0 Å². The normalized spacial score (nSPS) is 11.1. The fourth-order valence-corrected chi connectivity index (χ4v) is 1.58. The summed E-state index contributed by atoms with van der Waals surface area (Å²) in [6, 6.07) is 0. The molecule has 0 aliphatic carbocycles.